The lowest BCUT2D eigenvalue weighted by Crippen LogP contribution is -2.08. The molecule has 108 valence electrons. The van der Waals surface area contributed by atoms with Crippen molar-refractivity contribution in [2.24, 2.45) is 5.92 Å². The molecule has 0 saturated heterocycles. The zero-order chi connectivity index (χ0) is 14.8. The van der Waals surface area contributed by atoms with Crippen molar-refractivity contribution in [1.29, 1.82) is 0 Å². The molecule has 2 aromatic carbocycles. The summed E-state index contributed by atoms with van der Waals surface area (Å²) in [5, 5.41) is 0. The van der Waals surface area contributed by atoms with E-state index < -0.39 is 0 Å². The van der Waals surface area contributed by atoms with Crippen LogP contribution in [0.4, 0.5) is 4.39 Å². The minimum absolute atomic E-state index is 0.00199. The van der Waals surface area contributed by atoms with Gasteiger partial charge in [-0.2, -0.15) is 0 Å². The summed E-state index contributed by atoms with van der Waals surface area (Å²) in [7, 11) is 0. The third kappa shape index (κ3) is 2.56. The molecule has 3 rings (SSSR count). The molecule has 0 heterocycles. The van der Waals surface area contributed by atoms with Crippen molar-refractivity contribution < 1.29 is 13.9 Å². The number of esters is 1. The molecule has 0 amide bonds. The van der Waals surface area contributed by atoms with Crippen LogP contribution in [-0.4, -0.2) is 12.6 Å². The fourth-order valence-corrected chi connectivity index (χ4v) is 3.06. The molecule has 3 heteroatoms. The van der Waals surface area contributed by atoms with Crippen molar-refractivity contribution in [3.8, 4) is 0 Å². The fourth-order valence-electron chi connectivity index (χ4n) is 3.06. The average Bonchev–Trinajstić information content (AvgIpc) is 3.24. The standard InChI is InChI=1S/C18H17FO2/c1-2-21-18(20)17-15(12-8-4-3-5-9-12)16(17)13-10-6-7-11-14(13)19/h3-11,15-17H,2H2,1H3/t15-,16-,17+/m1/s1. The van der Waals surface area contributed by atoms with Crippen LogP contribution in [0.1, 0.15) is 29.9 Å². The quantitative estimate of drug-likeness (QED) is 0.796. The van der Waals surface area contributed by atoms with Gasteiger partial charge >= 0.3 is 5.97 Å². The van der Waals surface area contributed by atoms with Gasteiger partial charge in [0.15, 0.2) is 0 Å². The first-order valence-corrected chi connectivity index (χ1v) is 7.20. The van der Waals surface area contributed by atoms with Crippen LogP contribution >= 0.6 is 0 Å². The zero-order valence-electron chi connectivity index (χ0n) is 11.8. The van der Waals surface area contributed by atoms with Crippen LogP contribution in [0.2, 0.25) is 0 Å². The van der Waals surface area contributed by atoms with E-state index in [1.165, 1.54) is 6.07 Å². The van der Waals surface area contributed by atoms with Crippen molar-refractivity contribution in [3.63, 3.8) is 0 Å². The molecular weight excluding hydrogens is 267 g/mol. The second-order valence-corrected chi connectivity index (χ2v) is 5.26. The molecule has 2 aromatic rings. The summed E-state index contributed by atoms with van der Waals surface area (Å²) < 4.78 is 19.2. The Morgan fingerprint density at radius 1 is 1.05 bits per heavy atom. The average molecular weight is 284 g/mol. The van der Waals surface area contributed by atoms with Gasteiger partial charge in [-0.1, -0.05) is 48.5 Å². The Morgan fingerprint density at radius 2 is 1.71 bits per heavy atom. The number of hydrogen-bond acceptors (Lipinski definition) is 2. The Morgan fingerprint density at radius 3 is 2.38 bits per heavy atom. The zero-order valence-corrected chi connectivity index (χ0v) is 11.8. The number of benzene rings is 2. The second kappa shape index (κ2) is 5.68. The van der Waals surface area contributed by atoms with Crippen molar-refractivity contribution >= 4 is 5.97 Å². The highest BCUT2D eigenvalue weighted by atomic mass is 19.1. The van der Waals surface area contributed by atoms with Crippen LogP contribution in [0.15, 0.2) is 54.6 Å². The summed E-state index contributed by atoms with van der Waals surface area (Å²) in [6, 6.07) is 16.5. The van der Waals surface area contributed by atoms with Gasteiger partial charge in [0, 0.05) is 11.8 Å². The van der Waals surface area contributed by atoms with Gasteiger partial charge in [0.2, 0.25) is 0 Å². The number of carbonyl (C=O) groups is 1. The number of rotatable bonds is 4. The molecule has 0 N–H and O–H groups in total. The van der Waals surface area contributed by atoms with Gasteiger partial charge in [-0.15, -0.1) is 0 Å². The van der Waals surface area contributed by atoms with E-state index >= 15 is 0 Å². The monoisotopic (exact) mass is 284 g/mol. The highest BCUT2D eigenvalue weighted by molar-refractivity contribution is 5.80. The Labute approximate surface area is 123 Å². The molecule has 1 saturated carbocycles. The second-order valence-electron chi connectivity index (χ2n) is 5.26. The Balaban J connectivity index is 1.94. The molecular formula is C18H17FO2. The third-order valence-electron chi connectivity index (χ3n) is 4.03. The molecule has 0 radical (unpaired) electrons. The Kier molecular flexibility index (Phi) is 3.74. The lowest BCUT2D eigenvalue weighted by Gasteiger charge is -2.02. The van der Waals surface area contributed by atoms with Gasteiger partial charge in [0.1, 0.15) is 5.82 Å². The van der Waals surface area contributed by atoms with E-state index in [4.69, 9.17) is 4.74 Å². The van der Waals surface area contributed by atoms with E-state index in [1.807, 2.05) is 30.3 Å². The first-order valence-electron chi connectivity index (χ1n) is 7.20. The lowest BCUT2D eigenvalue weighted by atomic mass is 10.0. The van der Waals surface area contributed by atoms with E-state index in [9.17, 15) is 9.18 Å². The van der Waals surface area contributed by atoms with Gasteiger partial charge in [0.25, 0.3) is 0 Å². The van der Waals surface area contributed by atoms with E-state index in [1.54, 1.807) is 25.1 Å². The molecule has 0 aromatic heterocycles. The minimum Gasteiger partial charge on any atom is -0.466 e. The molecule has 0 bridgehead atoms. The van der Waals surface area contributed by atoms with Crippen LogP contribution in [-0.2, 0) is 9.53 Å². The normalized spacial score (nSPS) is 23.6. The number of hydrogen-bond donors (Lipinski definition) is 0. The van der Waals surface area contributed by atoms with Crippen LogP contribution < -0.4 is 0 Å². The first kappa shape index (κ1) is 13.8. The predicted octanol–water partition coefficient (Wildman–Crippen LogP) is 3.89. The fraction of sp³-hybridized carbons (Fsp3) is 0.278. The maximum atomic E-state index is 14.0. The maximum Gasteiger partial charge on any atom is 0.310 e. The van der Waals surface area contributed by atoms with E-state index in [0.29, 0.717) is 12.2 Å². The van der Waals surface area contributed by atoms with Crippen molar-refractivity contribution in [2.45, 2.75) is 18.8 Å². The highest BCUT2D eigenvalue weighted by Gasteiger charge is 2.57. The molecule has 3 atom stereocenters. The third-order valence-corrected chi connectivity index (χ3v) is 4.03. The molecule has 2 nitrogen and oxygen atoms in total. The summed E-state index contributed by atoms with van der Waals surface area (Å²) in [5.74, 6) is -0.908. The molecule has 1 aliphatic rings. The topological polar surface area (TPSA) is 26.3 Å². The Bertz CT molecular complexity index is 639. The first-order chi connectivity index (χ1) is 10.2. The van der Waals surface area contributed by atoms with Gasteiger partial charge in [-0.25, -0.2) is 4.39 Å². The lowest BCUT2D eigenvalue weighted by molar-refractivity contribution is -0.144. The van der Waals surface area contributed by atoms with Crippen LogP contribution in [0, 0.1) is 11.7 Å². The van der Waals surface area contributed by atoms with Crippen molar-refractivity contribution in [3.05, 3.63) is 71.5 Å². The van der Waals surface area contributed by atoms with E-state index in [-0.39, 0.29) is 29.5 Å². The largest absolute Gasteiger partial charge is 0.466 e. The predicted molar refractivity (Wildman–Crippen MR) is 78.4 cm³/mol. The van der Waals surface area contributed by atoms with Gasteiger partial charge in [0.05, 0.1) is 12.5 Å². The van der Waals surface area contributed by atoms with Crippen molar-refractivity contribution in [1.82, 2.24) is 0 Å². The molecule has 21 heavy (non-hydrogen) atoms. The highest BCUT2D eigenvalue weighted by Crippen LogP contribution is 2.61. The van der Waals surface area contributed by atoms with E-state index in [2.05, 4.69) is 0 Å². The summed E-state index contributed by atoms with van der Waals surface area (Å²) in [6.07, 6.45) is 0. The number of ether oxygens (including phenoxy) is 1. The number of carbonyl (C=O) groups excluding carboxylic acids is 1. The van der Waals surface area contributed by atoms with Gasteiger partial charge < -0.3 is 4.74 Å². The summed E-state index contributed by atoms with van der Waals surface area (Å²) >= 11 is 0. The van der Waals surface area contributed by atoms with Gasteiger partial charge in [-0.3, -0.25) is 4.79 Å². The molecule has 0 spiro atoms. The van der Waals surface area contributed by atoms with E-state index in [0.717, 1.165) is 5.56 Å². The van der Waals surface area contributed by atoms with Crippen molar-refractivity contribution in [2.75, 3.05) is 6.61 Å². The van der Waals surface area contributed by atoms with Gasteiger partial charge in [-0.05, 0) is 24.1 Å². The van der Waals surface area contributed by atoms with Crippen LogP contribution in [0.3, 0.4) is 0 Å². The summed E-state index contributed by atoms with van der Waals surface area (Å²) in [5.41, 5.74) is 1.66. The summed E-state index contributed by atoms with van der Waals surface area (Å²) in [4.78, 5) is 12.1. The molecule has 0 aliphatic heterocycles. The van der Waals surface area contributed by atoms with Crippen LogP contribution in [0.5, 0.6) is 0 Å². The molecule has 1 aliphatic carbocycles. The SMILES string of the molecule is CCOC(=O)[C@H]1[C@H](c2ccccc2)[C@H]1c1ccccc1F. The van der Waals surface area contributed by atoms with Crippen LogP contribution in [0.25, 0.3) is 0 Å². The Hall–Kier alpha value is -2.16. The summed E-state index contributed by atoms with van der Waals surface area (Å²) in [6.45, 7) is 2.14. The molecule has 1 fully saturated rings. The smallest absolute Gasteiger partial charge is 0.310 e. The maximum absolute atomic E-state index is 14.0. The minimum atomic E-state index is -0.288. The number of halogens is 1. The molecule has 0 unspecified atom stereocenters.